The molecule has 4 nitrogen and oxygen atoms in total. The third-order valence-electron chi connectivity index (χ3n) is 1.12. The molecule has 1 atom stereocenters. The van der Waals surface area contributed by atoms with Crippen LogP contribution in [0.5, 0.6) is 0 Å². The highest BCUT2D eigenvalue weighted by molar-refractivity contribution is 6.26. The van der Waals surface area contributed by atoms with Crippen molar-refractivity contribution in [2.75, 3.05) is 0 Å². The molecule has 1 heterocycles. The van der Waals surface area contributed by atoms with Crippen molar-refractivity contribution in [3.63, 3.8) is 0 Å². The SMILES string of the molecule is O=C([O-])C[C@@]1(Cl)C=CC(=O)O1. The number of hydrogen-bond acceptors (Lipinski definition) is 4. The van der Waals surface area contributed by atoms with E-state index in [9.17, 15) is 14.7 Å². The zero-order valence-electron chi connectivity index (χ0n) is 5.37. The van der Waals surface area contributed by atoms with Crippen LogP contribution in [0.2, 0.25) is 0 Å². The van der Waals surface area contributed by atoms with Gasteiger partial charge in [0.25, 0.3) is 0 Å². The fourth-order valence-electron chi connectivity index (χ4n) is 0.720. The molecular formula is C6H4ClO4-. The number of rotatable bonds is 2. The second-order valence-corrected chi connectivity index (χ2v) is 2.73. The topological polar surface area (TPSA) is 66.4 Å². The molecule has 11 heavy (non-hydrogen) atoms. The molecule has 0 radical (unpaired) electrons. The lowest BCUT2D eigenvalue weighted by atomic mass is 10.2. The molecule has 1 aliphatic heterocycles. The molecule has 0 aromatic heterocycles. The first kappa shape index (κ1) is 8.07. The fraction of sp³-hybridized carbons (Fsp3) is 0.333. The number of ether oxygens (including phenoxy) is 1. The Morgan fingerprint density at radius 3 is 2.82 bits per heavy atom. The molecular weight excluding hydrogens is 172 g/mol. The van der Waals surface area contributed by atoms with Gasteiger partial charge in [-0.15, -0.1) is 0 Å². The van der Waals surface area contributed by atoms with Gasteiger partial charge in [0.2, 0.25) is 5.06 Å². The van der Waals surface area contributed by atoms with E-state index in [0.717, 1.165) is 6.08 Å². The van der Waals surface area contributed by atoms with Crippen LogP contribution in [0.1, 0.15) is 6.42 Å². The Hall–Kier alpha value is -1.03. The summed E-state index contributed by atoms with van der Waals surface area (Å²) in [6.45, 7) is 0. The van der Waals surface area contributed by atoms with Gasteiger partial charge in [0, 0.05) is 18.5 Å². The van der Waals surface area contributed by atoms with E-state index in [4.69, 9.17) is 11.6 Å². The van der Waals surface area contributed by atoms with Crippen molar-refractivity contribution >= 4 is 23.5 Å². The first-order valence-electron chi connectivity index (χ1n) is 2.83. The van der Waals surface area contributed by atoms with E-state index < -0.39 is 23.4 Å². The summed E-state index contributed by atoms with van der Waals surface area (Å²) < 4.78 is 4.45. The molecule has 60 valence electrons. The Morgan fingerprint density at radius 1 is 1.82 bits per heavy atom. The highest BCUT2D eigenvalue weighted by atomic mass is 35.5. The standard InChI is InChI=1S/C6H5ClO4/c7-6(3-4(8)9)2-1-5(10)11-6/h1-2H,3H2,(H,8,9)/p-1/t6-/m1/s1. The average Bonchev–Trinajstić information content (AvgIpc) is 2.08. The quantitative estimate of drug-likeness (QED) is 0.406. The molecule has 0 N–H and O–H groups in total. The minimum absolute atomic E-state index is 0.531. The van der Waals surface area contributed by atoms with Crippen LogP contribution in [0.4, 0.5) is 0 Å². The van der Waals surface area contributed by atoms with Crippen molar-refractivity contribution in [1.82, 2.24) is 0 Å². The van der Waals surface area contributed by atoms with Gasteiger partial charge >= 0.3 is 5.97 Å². The molecule has 0 spiro atoms. The average molecular weight is 176 g/mol. The molecule has 0 aromatic carbocycles. The summed E-state index contributed by atoms with van der Waals surface area (Å²) in [4.78, 5) is 20.5. The molecule has 0 saturated carbocycles. The number of carbonyl (C=O) groups excluding carboxylic acids is 2. The summed E-state index contributed by atoms with van der Waals surface area (Å²) in [5.74, 6) is -2.00. The van der Waals surface area contributed by atoms with Crippen molar-refractivity contribution in [1.29, 1.82) is 0 Å². The largest absolute Gasteiger partial charge is 0.550 e. The van der Waals surface area contributed by atoms with Gasteiger partial charge in [-0.3, -0.25) is 0 Å². The van der Waals surface area contributed by atoms with Gasteiger partial charge in [-0.25, -0.2) is 4.79 Å². The third-order valence-corrected chi connectivity index (χ3v) is 1.46. The Balaban J connectivity index is 2.63. The maximum absolute atomic E-state index is 10.4. The molecule has 0 amide bonds. The Kier molecular flexibility index (Phi) is 1.87. The predicted octanol–water partition coefficient (Wildman–Crippen LogP) is -0.826. The van der Waals surface area contributed by atoms with E-state index in [1.807, 2.05) is 0 Å². The molecule has 0 aliphatic carbocycles. The zero-order valence-corrected chi connectivity index (χ0v) is 6.13. The summed E-state index contributed by atoms with van der Waals surface area (Å²) in [5.41, 5.74) is 0. The van der Waals surface area contributed by atoms with Crippen LogP contribution < -0.4 is 5.11 Å². The second kappa shape index (κ2) is 2.54. The number of alkyl halides is 1. The van der Waals surface area contributed by atoms with Crippen molar-refractivity contribution in [2.45, 2.75) is 11.5 Å². The zero-order chi connectivity index (χ0) is 8.48. The van der Waals surface area contributed by atoms with Crippen LogP contribution in [-0.4, -0.2) is 17.0 Å². The van der Waals surface area contributed by atoms with E-state index in [1.165, 1.54) is 6.08 Å². The minimum Gasteiger partial charge on any atom is -0.550 e. The van der Waals surface area contributed by atoms with Crippen LogP contribution in [0.25, 0.3) is 0 Å². The van der Waals surface area contributed by atoms with Gasteiger partial charge < -0.3 is 14.6 Å². The third kappa shape index (κ3) is 1.94. The maximum Gasteiger partial charge on any atom is 0.332 e. The Morgan fingerprint density at radius 2 is 2.45 bits per heavy atom. The second-order valence-electron chi connectivity index (χ2n) is 2.09. The van der Waals surface area contributed by atoms with Crippen LogP contribution in [0.3, 0.4) is 0 Å². The van der Waals surface area contributed by atoms with Gasteiger partial charge in [-0.05, 0) is 6.08 Å². The van der Waals surface area contributed by atoms with Gasteiger partial charge in [0.1, 0.15) is 0 Å². The van der Waals surface area contributed by atoms with E-state index >= 15 is 0 Å². The number of cyclic esters (lactones) is 1. The first-order valence-corrected chi connectivity index (χ1v) is 3.21. The lowest BCUT2D eigenvalue weighted by Crippen LogP contribution is -2.33. The van der Waals surface area contributed by atoms with Gasteiger partial charge in [0.05, 0.1) is 0 Å². The van der Waals surface area contributed by atoms with Crippen LogP contribution in [-0.2, 0) is 14.3 Å². The summed E-state index contributed by atoms with van der Waals surface area (Å²) in [6, 6.07) is 0. The molecule has 1 rings (SSSR count). The molecule has 0 aromatic rings. The lowest BCUT2D eigenvalue weighted by molar-refractivity contribution is -0.307. The van der Waals surface area contributed by atoms with Gasteiger partial charge in [-0.2, -0.15) is 0 Å². The highest BCUT2D eigenvalue weighted by Crippen LogP contribution is 2.27. The summed E-state index contributed by atoms with van der Waals surface area (Å²) in [6.07, 6.45) is 1.74. The lowest BCUT2D eigenvalue weighted by Gasteiger charge is -2.18. The van der Waals surface area contributed by atoms with Crippen molar-refractivity contribution in [3.05, 3.63) is 12.2 Å². The molecule has 5 heteroatoms. The van der Waals surface area contributed by atoms with Crippen molar-refractivity contribution in [2.24, 2.45) is 0 Å². The van der Waals surface area contributed by atoms with E-state index in [1.54, 1.807) is 0 Å². The number of carboxylic acid groups (broad SMARTS) is 1. The summed E-state index contributed by atoms with van der Waals surface area (Å²) >= 11 is 5.51. The maximum atomic E-state index is 10.4. The molecule has 0 saturated heterocycles. The number of carboxylic acids is 1. The van der Waals surface area contributed by atoms with E-state index in [0.29, 0.717) is 0 Å². The Labute approximate surface area is 67.4 Å². The van der Waals surface area contributed by atoms with Crippen molar-refractivity contribution in [3.8, 4) is 0 Å². The van der Waals surface area contributed by atoms with Crippen molar-refractivity contribution < 1.29 is 19.4 Å². The predicted molar refractivity (Wildman–Crippen MR) is 33.4 cm³/mol. The number of halogens is 1. The number of hydrogen-bond donors (Lipinski definition) is 0. The summed E-state index contributed by atoms with van der Waals surface area (Å²) in [5, 5.41) is 8.51. The molecule has 1 aliphatic rings. The van der Waals surface area contributed by atoms with Gasteiger partial charge in [0.15, 0.2) is 0 Å². The van der Waals surface area contributed by atoms with Crippen LogP contribution in [0, 0.1) is 0 Å². The minimum atomic E-state index is -1.53. The number of aliphatic carboxylic acids is 1. The number of carbonyl (C=O) groups is 2. The summed E-state index contributed by atoms with van der Waals surface area (Å²) in [7, 11) is 0. The normalized spacial score (nSPS) is 28.6. The first-order chi connectivity index (χ1) is 5.02. The highest BCUT2D eigenvalue weighted by Gasteiger charge is 2.33. The van der Waals surface area contributed by atoms with E-state index in [2.05, 4.69) is 4.74 Å². The molecule has 0 unspecified atom stereocenters. The smallest absolute Gasteiger partial charge is 0.332 e. The van der Waals surface area contributed by atoms with E-state index in [-0.39, 0.29) is 0 Å². The monoisotopic (exact) mass is 175 g/mol. The molecule has 0 fully saturated rings. The fourth-order valence-corrected chi connectivity index (χ4v) is 0.968. The number of esters is 1. The molecule has 0 bridgehead atoms. The Bertz CT molecular complexity index is 235. The van der Waals surface area contributed by atoms with Crippen LogP contribution >= 0.6 is 11.6 Å². The van der Waals surface area contributed by atoms with Crippen LogP contribution in [0.15, 0.2) is 12.2 Å². The van der Waals surface area contributed by atoms with Gasteiger partial charge in [-0.1, -0.05) is 11.6 Å².